The van der Waals surface area contributed by atoms with Crippen LogP contribution in [0.1, 0.15) is 16.7 Å². The summed E-state index contributed by atoms with van der Waals surface area (Å²) >= 11 is 3.00. The smallest absolute Gasteiger partial charge is 0.339 e. The van der Waals surface area contributed by atoms with Crippen LogP contribution in [0.3, 0.4) is 0 Å². The van der Waals surface area contributed by atoms with Crippen LogP contribution in [-0.2, 0) is 21.5 Å². The van der Waals surface area contributed by atoms with E-state index in [2.05, 4.69) is 22.6 Å². The molecular formula is C24H18INO5S2. The largest absolute Gasteiger partial charge is 0.378 e. The summed E-state index contributed by atoms with van der Waals surface area (Å²) in [5.41, 5.74) is 2.15. The van der Waals surface area contributed by atoms with Crippen LogP contribution in [-0.4, -0.2) is 24.5 Å². The highest BCUT2D eigenvalue weighted by Gasteiger charge is 2.35. The van der Waals surface area contributed by atoms with Gasteiger partial charge in [-0.1, -0.05) is 48.0 Å². The number of aryl methyl sites for hydroxylation is 1. The van der Waals surface area contributed by atoms with Crippen molar-refractivity contribution in [2.75, 3.05) is 0 Å². The highest BCUT2D eigenvalue weighted by atomic mass is 127. The molecule has 1 heterocycles. The molecule has 0 radical (unpaired) electrons. The molecule has 3 aromatic rings. The van der Waals surface area contributed by atoms with Crippen molar-refractivity contribution in [1.82, 2.24) is 4.90 Å². The van der Waals surface area contributed by atoms with E-state index in [1.54, 1.807) is 30.3 Å². The Hall–Kier alpha value is -2.63. The Balaban J connectivity index is 1.58. The third-order valence-corrected chi connectivity index (χ3v) is 7.72. The summed E-state index contributed by atoms with van der Waals surface area (Å²) in [5.74, 6) is -0.359. The van der Waals surface area contributed by atoms with Crippen molar-refractivity contribution in [1.29, 1.82) is 0 Å². The van der Waals surface area contributed by atoms with Gasteiger partial charge in [0.25, 0.3) is 11.1 Å². The minimum absolute atomic E-state index is 0.0285. The fraction of sp³-hybridized carbons (Fsp3) is 0.0833. The molecular weight excluding hydrogens is 573 g/mol. The van der Waals surface area contributed by atoms with Gasteiger partial charge < -0.3 is 4.18 Å². The second-order valence-electron chi connectivity index (χ2n) is 7.28. The van der Waals surface area contributed by atoms with Crippen LogP contribution in [0.25, 0.3) is 6.08 Å². The van der Waals surface area contributed by atoms with E-state index < -0.39 is 16.0 Å². The predicted octanol–water partition coefficient (Wildman–Crippen LogP) is 5.60. The van der Waals surface area contributed by atoms with E-state index in [1.165, 1.54) is 29.2 Å². The van der Waals surface area contributed by atoms with Crippen molar-refractivity contribution in [2.24, 2.45) is 0 Å². The molecule has 0 aliphatic carbocycles. The number of rotatable bonds is 6. The Morgan fingerprint density at radius 3 is 2.33 bits per heavy atom. The summed E-state index contributed by atoms with van der Waals surface area (Å²) in [6.45, 7) is 2.02. The van der Waals surface area contributed by atoms with Gasteiger partial charge in [0.1, 0.15) is 10.6 Å². The lowest BCUT2D eigenvalue weighted by atomic mass is 10.2. The van der Waals surface area contributed by atoms with Gasteiger partial charge in [0.2, 0.25) is 0 Å². The molecule has 6 nitrogen and oxygen atoms in total. The lowest BCUT2D eigenvalue weighted by Gasteiger charge is -2.12. The molecule has 0 spiro atoms. The maximum absolute atomic E-state index is 12.9. The van der Waals surface area contributed by atoms with E-state index in [0.29, 0.717) is 5.56 Å². The maximum atomic E-state index is 12.9. The third kappa shape index (κ3) is 5.48. The zero-order valence-corrected chi connectivity index (χ0v) is 21.2. The normalized spacial score (nSPS) is 15.3. The Morgan fingerprint density at radius 2 is 1.64 bits per heavy atom. The topological polar surface area (TPSA) is 80.8 Å². The number of para-hydroxylation sites is 1. The summed E-state index contributed by atoms with van der Waals surface area (Å²) < 4.78 is 31.9. The number of benzene rings is 3. The SMILES string of the molecule is Cc1ccc(S(=O)(=O)Oc2ccccc2/C=C2\SC(=O)N(Cc3ccc(I)cc3)C2=O)cc1. The summed E-state index contributed by atoms with van der Waals surface area (Å²) in [7, 11) is -4.06. The van der Waals surface area contributed by atoms with Gasteiger partial charge >= 0.3 is 10.1 Å². The Bertz CT molecular complexity index is 1350. The van der Waals surface area contributed by atoms with Crippen molar-refractivity contribution in [2.45, 2.75) is 18.4 Å². The second-order valence-corrected chi connectivity index (χ2v) is 11.1. The molecule has 1 aliphatic heterocycles. The van der Waals surface area contributed by atoms with Gasteiger partial charge in [-0.2, -0.15) is 8.42 Å². The van der Waals surface area contributed by atoms with Crippen molar-refractivity contribution < 1.29 is 22.2 Å². The molecule has 33 heavy (non-hydrogen) atoms. The molecule has 9 heteroatoms. The molecule has 0 saturated carbocycles. The van der Waals surface area contributed by atoms with Gasteiger partial charge in [-0.3, -0.25) is 14.5 Å². The molecule has 3 aromatic carbocycles. The number of hydrogen-bond donors (Lipinski definition) is 0. The first kappa shape index (κ1) is 23.5. The first-order valence-corrected chi connectivity index (χ1v) is 13.1. The highest BCUT2D eigenvalue weighted by molar-refractivity contribution is 14.1. The van der Waals surface area contributed by atoms with Gasteiger partial charge in [-0.25, -0.2) is 0 Å². The van der Waals surface area contributed by atoms with Gasteiger partial charge in [-0.05, 0) is 83.2 Å². The average molecular weight is 591 g/mol. The fourth-order valence-corrected chi connectivity index (χ4v) is 5.24. The summed E-state index contributed by atoms with van der Waals surface area (Å²) in [6, 6.07) is 20.4. The van der Waals surface area contributed by atoms with Crippen molar-refractivity contribution in [3.05, 3.63) is 98.0 Å². The monoisotopic (exact) mass is 591 g/mol. The highest BCUT2D eigenvalue weighted by Crippen LogP contribution is 2.35. The Morgan fingerprint density at radius 1 is 0.970 bits per heavy atom. The van der Waals surface area contributed by atoms with Crippen LogP contribution in [0.2, 0.25) is 0 Å². The van der Waals surface area contributed by atoms with Crippen LogP contribution < -0.4 is 4.18 Å². The zero-order chi connectivity index (χ0) is 23.6. The number of halogens is 1. The molecule has 0 atom stereocenters. The number of carbonyl (C=O) groups is 2. The molecule has 0 aromatic heterocycles. The molecule has 0 unspecified atom stereocenters. The fourth-order valence-electron chi connectivity index (χ4n) is 3.10. The first-order chi connectivity index (χ1) is 15.7. The van der Waals surface area contributed by atoms with Crippen LogP contribution in [0.4, 0.5) is 4.79 Å². The third-order valence-electron chi connectivity index (χ3n) is 4.84. The molecule has 1 aliphatic rings. The number of hydrogen-bond acceptors (Lipinski definition) is 6. The van der Waals surface area contributed by atoms with E-state index in [-0.39, 0.29) is 27.3 Å². The van der Waals surface area contributed by atoms with Gasteiger partial charge in [-0.15, -0.1) is 0 Å². The summed E-state index contributed by atoms with van der Waals surface area (Å²) in [6.07, 6.45) is 1.48. The predicted molar refractivity (Wildman–Crippen MR) is 136 cm³/mol. The molecule has 1 fully saturated rings. The van der Waals surface area contributed by atoms with Crippen molar-refractivity contribution >= 4 is 61.7 Å². The van der Waals surface area contributed by atoms with Crippen LogP contribution in [0, 0.1) is 10.5 Å². The summed E-state index contributed by atoms with van der Waals surface area (Å²) in [4.78, 5) is 26.8. The first-order valence-electron chi connectivity index (χ1n) is 9.83. The average Bonchev–Trinajstić information content (AvgIpc) is 3.04. The standard InChI is InChI=1S/C24H18INO5S2/c1-16-6-12-20(13-7-16)33(29,30)31-21-5-3-2-4-18(21)14-22-23(27)26(24(28)32-22)15-17-8-10-19(25)11-9-17/h2-14H,15H2,1H3/b22-14-. The Labute approximate surface area is 209 Å². The maximum Gasteiger partial charge on any atom is 0.339 e. The second kappa shape index (κ2) is 9.70. The van der Waals surface area contributed by atoms with Gasteiger partial charge in [0.05, 0.1) is 11.4 Å². The van der Waals surface area contributed by atoms with Crippen LogP contribution >= 0.6 is 34.4 Å². The van der Waals surface area contributed by atoms with Crippen molar-refractivity contribution in [3.63, 3.8) is 0 Å². The van der Waals surface area contributed by atoms with E-state index in [4.69, 9.17) is 4.18 Å². The number of carbonyl (C=O) groups excluding carboxylic acids is 2. The number of nitrogens with zero attached hydrogens (tertiary/aromatic N) is 1. The Kier molecular flexibility index (Phi) is 6.91. The van der Waals surface area contributed by atoms with Crippen molar-refractivity contribution in [3.8, 4) is 5.75 Å². The quantitative estimate of drug-likeness (QED) is 0.211. The number of amides is 2. The van der Waals surface area contributed by atoms with E-state index >= 15 is 0 Å². The summed E-state index contributed by atoms with van der Waals surface area (Å²) in [5, 5.41) is -0.379. The molecule has 2 amide bonds. The molecule has 1 saturated heterocycles. The zero-order valence-electron chi connectivity index (χ0n) is 17.4. The van der Waals surface area contributed by atoms with Gasteiger partial charge in [0.15, 0.2) is 0 Å². The van der Waals surface area contributed by atoms with Crippen LogP contribution in [0.15, 0.2) is 82.6 Å². The molecule has 0 bridgehead atoms. The molecule has 0 N–H and O–H groups in total. The lowest BCUT2D eigenvalue weighted by Crippen LogP contribution is -2.27. The minimum atomic E-state index is -4.06. The van der Waals surface area contributed by atoms with E-state index in [1.807, 2.05) is 31.2 Å². The number of imide groups is 1. The van der Waals surface area contributed by atoms with E-state index in [0.717, 1.165) is 26.5 Å². The van der Waals surface area contributed by atoms with Crippen LogP contribution in [0.5, 0.6) is 5.75 Å². The minimum Gasteiger partial charge on any atom is -0.378 e. The number of thioether (sulfide) groups is 1. The van der Waals surface area contributed by atoms with Gasteiger partial charge in [0, 0.05) is 9.13 Å². The molecule has 4 rings (SSSR count). The van der Waals surface area contributed by atoms with E-state index in [9.17, 15) is 18.0 Å². The molecule has 168 valence electrons. The lowest BCUT2D eigenvalue weighted by molar-refractivity contribution is -0.123.